The van der Waals surface area contributed by atoms with E-state index in [1.54, 1.807) is 11.3 Å². The monoisotopic (exact) mass is 367 g/mol. The number of aromatic nitrogens is 3. The van der Waals surface area contributed by atoms with Gasteiger partial charge in [0.2, 0.25) is 0 Å². The van der Waals surface area contributed by atoms with E-state index in [-0.39, 0.29) is 0 Å². The molecule has 2 aromatic heterocycles. The minimum absolute atomic E-state index is 0.319. The second kappa shape index (κ2) is 7.60. The van der Waals surface area contributed by atoms with Crippen LogP contribution in [0.15, 0.2) is 48.1 Å². The van der Waals surface area contributed by atoms with Crippen LogP contribution in [-0.2, 0) is 0 Å². The molecule has 0 bridgehead atoms. The molecule has 1 aliphatic rings. The fourth-order valence-electron chi connectivity index (χ4n) is 3.58. The quantitative estimate of drug-likeness (QED) is 0.741. The molecule has 1 unspecified atom stereocenters. The maximum atomic E-state index is 4.61. The summed E-state index contributed by atoms with van der Waals surface area (Å²) in [6.45, 7) is 6.43. The van der Waals surface area contributed by atoms with Crippen LogP contribution in [0.2, 0.25) is 0 Å². The molecule has 0 spiro atoms. The molecule has 0 amide bonds. The van der Waals surface area contributed by atoms with Crippen molar-refractivity contribution in [2.24, 2.45) is 0 Å². The number of thiazole rings is 1. The van der Waals surface area contributed by atoms with E-state index in [0.29, 0.717) is 12.1 Å². The molecule has 0 radical (unpaired) electrons. The Bertz CT molecular complexity index is 834. The fourth-order valence-corrected chi connectivity index (χ4v) is 4.28. The average molecular weight is 368 g/mol. The maximum Gasteiger partial charge on any atom is 0.0898 e. The summed E-state index contributed by atoms with van der Waals surface area (Å²) in [6.07, 6.45) is 6.10. The lowest BCUT2D eigenvalue weighted by Crippen LogP contribution is -2.43. The third kappa shape index (κ3) is 3.81. The molecule has 1 aliphatic heterocycles. The Kier molecular flexibility index (Phi) is 5.04. The van der Waals surface area contributed by atoms with Crippen LogP contribution in [0.25, 0.3) is 5.69 Å². The van der Waals surface area contributed by atoms with Gasteiger partial charge >= 0.3 is 0 Å². The van der Waals surface area contributed by atoms with Crippen LogP contribution in [-0.4, -0.2) is 33.9 Å². The summed E-state index contributed by atoms with van der Waals surface area (Å²) >= 11 is 1.73. The van der Waals surface area contributed by atoms with Crippen molar-refractivity contribution in [2.45, 2.75) is 38.8 Å². The molecule has 1 atom stereocenters. The van der Waals surface area contributed by atoms with Gasteiger partial charge in [0.25, 0.3) is 0 Å². The van der Waals surface area contributed by atoms with E-state index < -0.39 is 0 Å². The lowest BCUT2D eigenvalue weighted by Gasteiger charge is -2.35. The van der Waals surface area contributed by atoms with Crippen LogP contribution < -0.4 is 10.2 Å². The molecule has 6 heteroatoms. The van der Waals surface area contributed by atoms with Crippen molar-refractivity contribution in [2.75, 3.05) is 18.0 Å². The molecule has 5 nitrogen and oxygen atoms in total. The third-order valence-corrected chi connectivity index (χ3v) is 5.82. The normalized spacial score (nSPS) is 16.8. The summed E-state index contributed by atoms with van der Waals surface area (Å²) < 4.78 is 1.91. The summed E-state index contributed by atoms with van der Waals surface area (Å²) in [4.78, 5) is 7.09. The number of hydrogen-bond donors (Lipinski definition) is 1. The molecular weight excluding hydrogens is 342 g/mol. The zero-order valence-electron chi connectivity index (χ0n) is 15.3. The molecule has 4 rings (SSSR count). The second-order valence-electron chi connectivity index (χ2n) is 6.91. The van der Waals surface area contributed by atoms with Crippen molar-refractivity contribution in [3.63, 3.8) is 0 Å². The molecular formula is C20H25N5S. The van der Waals surface area contributed by atoms with Crippen molar-refractivity contribution < 1.29 is 0 Å². The van der Waals surface area contributed by atoms with Gasteiger partial charge in [-0.2, -0.15) is 5.10 Å². The highest BCUT2D eigenvalue weighted by molar-refractivity contribution is 7.09. The van der Waals surface area contributed by atoms with Gasteiger partial charge in [0.05, 0.1) is 16.4 Å². The lowest BCUT2D eigenvalue weighted by atomic mass is 10.0. The third-order valence-electron chi connectivity index (χ3n) is 5.02. The van der Waals surface area contributed by atoms with E-state index >= 15 is 0 Å². The molecule has 3 heterocycles. The molecule has 1 saturated heterocycles. The van der Waals surface area contributed by atoms with Crippen LogP contribution in [0.4, 0.5) is 5.69 Å². The predicted molar refractivity (Wildman–Crippen MR) is 107 cm³/mol. The Hall–Kier alpha value is -2.18. The predicted octanol–water partition coefficient (Wildman–Crippen LogP) is 3.96. The molecule has 0 aliphatic carbocycles. The molecule has 1 N–H and O–H groups in total. The second-order valence-corrected chi connectivity index (χ2v) is 7.97. The maximum absolute atomic E-state index is 4.61. The summed E-state index contributed by atoms with van der Waals surface area (Å²) in [6, 6.07) is 11.5. The van der Waals surface area contributed by atoms with Crippen molar-refractivity contribution in [3.8, 4) is 5.69 Å². The number of piperidine rings is 1. The van der Waals surface area contributed by atoms with Crippen LogP contribution in [0.5, 0.6) is 0 Å². The standard InChI is InChI=1S/C20H25N5S/c1-15(20-14-26-16(2)23-20)22-17-7-11-24(12-8-17)18-5-3-6-19(13-18)25-10-4-9-21-25/h3-6,9-10,13-15,17,22H,7-8,11-12H2,1-2H3. The van der Waals surface area contributed by atoms with Gasteiger partial charge in [-0.1, -0.05) is 6.07 Å². The molecule has 136 valence electrons. The van der Waals surface area contributed by atoms with E-state index in [0.717, 1.165) is 36.6 Å². The number of anilines is 1. The zero-order valence-corrected chi connectivity index (χ0v) is 16.1. The average Bonchev–Trinajstić information content (AvgIpc) is 3.34. The minimum Gasteiger partial charge on any atom is -0.371 e. The summed E-state index contributed by atoms with van der Waals surface area (Å²) in [5.41, 5.74) is 3.56. The zero-order chi connectivity index (χ0) is 17.9. The number of benzene rings is 1. The number of aryl methyl sites for hydroxylation is 1. The van der Waals surface area contributed by atoms with E-state index in [1.807, 2.05) is 23.1 Å². The van der Waals surface area contributed by atoms with Gasteiger partial charge in [0.15, 0.2) is 0 Å². The smallest absolute Gasteiger partial charge is 0.0898 e. The highest BCUT2D eigenvalue weighted by atomic mass is 32.1. The largest absolute Gasteiger partial charge is 0.371 e. The van der Waals surface area contributed by atoms with Crippen molar-refractivity contribution in [1.82, 2.24) is 20.1 Å². The van der Waals surface area contributed by atoms with Gasteiger partial charge in [0, 0.05) is 48.6 Å². The highest BCUT2D eigenvalue weighted by Gasteiger charge is 2.22. The van der Waals surface area contributed by atoms with Crippen LogP contribution in [0, 0.1) is 6.92 Å². The van der Waals surface area contributed by atoms with E-state index in [1.165, 1.54) is 11.4 Å². The van der Waals surface area contributed by atoms with Crippen LogP contribution in [0.3, 0.4) is 0 Å². The topological polar surface area (TPSA) is 46.0 Å². The Labute approximate surface area is 158 Å². The molecule has 3 aromatic rings. The lowest BCUT2D eigenvalue weighted by molar-refractivity contribution is 0.378. The molecule has 0 saturated carbocycles. The first-order valence-electron chi connectivity index (χ1n) is 9.22. The number of nitrogens with one attached hydrogen (secondary N) is 1. The van der Waals surface area contributed by atoms with Gasteiger partial charge < -0.3 is 10.2 Å². The van der Waals surface area contributed by atoms with Crippen molar-refractivity contribution in [3.05, 3.63) is 58.8 Å². The first kappa shape index (κ1) is 17.2. The Morgan fingerprint density at radius 3 is 2.69 bits per heavy atom. The molecule has 1 aromatic carbocycles. The van der Waals surface area contributed by atoms with Crippen LogP contribution in [0.1, 0.15) is 36.5 Å². The first-order chi connectivity index (χ1) is 12.7. The fraction of sp³-hybridized carbons (Fsp3) is 0.400. The summed E-state index contributed by atoms with van der Waals surface area (Å²) in [5, 5.41) is 11.4. The summed E-state index contributed by atoms with van der Waals surface area (Å²) in [5.74, 6) is 0. The Balaban J connectivity index is 1.36. The SMILES string of the molecule is Cc1nc(C(C)NC2CCN(c3cccc(-n4cccn4)c3)CC2)cs1. The number of nitrogens with zero attached hydrogens (tertiary/aromatic N) is 4. The highest BCUT2D eigenvalue weighted by Crippen LogP contribution is 2.24. The van der Waals surface area contributed by atoms with Gasteiger partial charge in [-0.15, -0.1) is 11.3 Å². The summed E-state index contributed by atoms with van der Waals surface area (Å²) in [7, 11) is 0. The number of hydrogen-bond acceptors (Lipinski definition) is 5. The van der Waals surface area contributed by atoms with Crippen molar-refractivity contribution >= 4 is 17.0 Å². The van der Waals surface area contributed by atoms with Gasteiger partial charge in [-0.25, -0.2) is 9.67 Å². The van der Waals surface area contributed by atoms with Crippen LogP contribution >= 0.6 is 11.3 Å². The van der Waals surface area contributed by atoms with Gasteiger partial charge in [0.1, 0.15) is 0 Å². The van der Waals surface area contributed by atoms with Gasteiger partial charge in [-0.05, 0) is 51.0 Å². The van der Waals surface area contributed by atoms with E-state index in [2.05, 4.69) is 63.8 Å². The first-order valence-corrected chi connectivity index (χ1v) is 10.1. The molecule has 1 fully saturated rings. The van der Waals surface area contributed by atoms with E-state index in [4.69, 9.17) is 0 Å². The van der Waals surface area contributed by atoms with E-state index in [9.17, 15) is 0 Å². The minimum atomic E-state index is 0.319. The van der Waals surface area contributed by atoms with Gasteiger partial charge in [-0.3, -0.25) is 0 Å². The molecule has 26 heavy (non-hydrogen) atoms. The van der Waals surface area contributed by atoms with Crippen molar-refractivity contribution in [1.29, 1.82) is 0 Å². The Morgan fingerprint density at radius 2 is 2.00 bits per heavy atom. The number of rotatable bonds is 5. The Morgan fingerprint density at radius 1 is 1.19 bits per heavy atom.